The van der Waals surface area contributed by atoms with Crippen molar-refractivity contribution in [3.05, 3.63) is 28.8 Å². The highest BCUT2D eigenvalue weighted by atomic mass is 35.5. The molecule has 1 N–H and O–H groups in total. The molecule has 0 fully saturated rings. The molecule has 1 aliphatic heterocycles. The van der Waals surface area contributed by atoms with Crippen molar-refractivity contribution in [2.45, 2.75) is 13.8 Å². The maximum Gasteiger partial charge on any atom is 0.237 e. The third-order valence-corrected chi connectivity index (χ3v) is 2.84. The molecule has 0 saturated carbocycles. The van der Waals surface area contributed by atoms with Crippen LogP contribution in [0.1, 0.15) is 24.2 Å². The monoisotopic (exact) mass is 223 g/mol. The first-order chi connectivity index (χ1) is 6.93. The molecular formula is C11H10ClNO2. The summed E-state index contributed by atoms with van der Waals surface area (Å²) in [5.41, 5.74) is -0.00154. The number of carbonyl (C=O) groups excluding carboxylic acids is 2. The summed E-state index contributed by atoms with van der Waals surface area (Å²) in [5, 5.41) is 3.18. The average molecular weight is 224 g/mol. The number of carbonyl (C=O) groups is 2. The summed E-state index contributed by atoms with van der Waals surface area (Å²) in [6.07, 6.45) is 0. The minimum Gasteiger partial charge on any atom is -0.325 e. The molecule has 0 radical (unpaired) electrons. The second-order valence-corrected chi connectivity index (χ2v) is 4.53. The van der Waals surface area contributed by atoms with E-state index in [0.29, 0.717) is 16.3 Å². The molecule has 1 aliphatic rings. The van der Waals surface area contributed by atoms with Crippen molar-refractivity contribution in [3.8, 4) is 0 Å². The number of anilines is 1. The number of Topliss-reactive ketones (excluding diaryl/α,β-unsaturated/α-hetero) is 1. The maximum absolute atomic E-state index is 12.0. The van der Waals surface area contributed by atoms with Gasteiger partial charge >= 0.3 is 0 Å². The van der Waals surface area contributed by atoms with Crippen molar-refractivity contribution in [2.75, 3.05) is 5.32 Å². The quantitative estimate of drug-likeness (QED) is 0.687. The minimum absolute atomic E-state index is 0.191. The Morgan fingerprint density at radius 1 is 1.27 bits per heavy atom. The molecular weight excluding hydrogens is 214 g/mol. The molecule has 78 valence electrons. The number of ketones is 1. The molecule has 0 saturated heterocycles. The summed E-state index contributed by atoms with van der Waals surface area (Å²) in [5.74, 6) is -0.467. The smallest absolute Gasteiger partial charge is 0.237 e. The predicted octanol–water partition coefficient (Wildman–Crippen LogP) is 2.50. The Bertz CT molecular complexity index is 466. The first-order valence-electron chi connectivity index (χ1n) is 4.59. The lowest BCUT2D eigenvalue weighted by atomic mass is 9.80. The van der Waals surface area contributed by atoms with Crippen LogP contribution in [-0.2, 0) is 4.79 Å². The zero-order chi connectivity index (χ0) is 11.2. The Balaban J connectivity index is 2.62. The Hall–Kier alpha value is -1.35. The Labute approximate surface area is 92.4 Å². The minimum atomic E-state index is -1.02. The lowest BCUT2D eigenvalue weighted by molar-refractivity contribution is -0.122. The number of benzene rings is 1. The average Bonchev–Trinajstić information content (AvgIpc) is 2.17. The van der Waals surface area contributed by atoms with E-state index in [1.165, 1.54) is 0 Å². The normalized spacial score (nSPS) is 18.3. The van der Waals surface area contributed by atoms with E-state index in [0.717, 1.165) is 0 Å². The van der Waals surface area contributed by atoms with Gasteiger partial charge < -0.3 is 5.32 Å². The fourth-order valence-electron chi connectivity index (χ4n) is 1.53. The highest BCUT2D eigenvalue weighted by Crippen LogP contribution is 2.34. The number of rotatable bonds is 0. The number of fused-ring (bicyclic) bond motifs is 1. The van der Waals surface area contributed by atoms with Gasteiger partial charge in [0.15, 0.2) is 5.78 Å². The Kier molecular flexibility index (Phi) is 2.08. The van der Waals surface area contributed by atoms with Crippen LogP contribution in [0.5, 0.6) is 0 Å². The molecule has 1 aromatic rings. The van der Waals surface area contributed by atoms with E-state index in [2.05, 4.69) is 5.32 Å². The van der Waals surface area contributed by atoms with Crippen LogP contribution in [0.15, 0.2) is 18.2 Å². The lowest BCUT2D eigenvalue weighted by Gasteiger charge is -2.28. The Morgan fingerprint density at radius 3 is 2.60 bits per heavy atom. The number of hydrogen-bond acceptors (Lipinski definition) is 2. The van der Waals surface area contributed by atoms with Gasteiger partial charge in [-0.2, -0.15) is 0 Å². The molecule has 0 aromatic heterocycles. The fraction of sp³-hybridized carbons (Fsp3) is 0.273. The van der Waals surface area contributed by atoms with Crippen LogP contribution in [0.4, 0.5) is 5.69 Å². The molecule has 0 aliphatic carbocycles. The van der Waals surface area contributed by atoms with Crippen LogP contribution in [0.3, 0.4) is 0 Å². The molecule has 0 spiro atoms. The SMILES string of the molecule is CC1(C)C(=O)Nc2ccc(Cl)cc2C1=O. The van der Waals surface area contributed by atoms with E-state index >= 15 is 0 Å². The van der Waals surface area contributed by atoms with Crippen molar-refractivity contribution < 1.29 is 9.59 Å². The number of nitrogens with one attached hydrogen (secondary N) is 1. The van der Waals surface area contributed by atoms with E-state index in [1.54, 1.807) is 32.0 Å². The maximum atomic E-state index is 12.0. The molecule has 3 nitrogen and oxygen atoms in total. The van der Waals surface area contributed by atoms with Crippen molar-refractivity contribution >= 4 is 29.0 Å². The summed E-state index contributed by atoms with van der Waals surface area (Å²) in [4.78, 5) is 23.6. The molecule has 1 aromatic carbocycles. The van der Waals surface area contributed by atoms with Gasteiger partial charge in [0.05, 0.1) is 5.69 Å². The second kappa shape index (κ2) is 3.07. The molecule has 2 rings (SSSR count). The summed E-state index contributed by atoms with van der Waals surface area (Å²) < 4.78 is 0. The predicted molar refractivity (Wildman–Crippen MR) is 58.2 cm³/mol. The van der Waals surface area contributed by atoms with Crippen molar-refractivity contribution in [1.29, 1.82) is 0 Å². The summed E-state index contributed by atoms with van der Waals surface area (Å²) in [7, 11) is 0. The van der Waals surface area contributed by atoms with Crippen LogP contribution < -0.4 is 5.32 Å². The summed E-state index contributed by atoms with van der Waals surface area (Å²) in [6, 6.07) is 4.87. The zero-order valence-corrected chi connectivity index (χ0v) is 9.18. The van der Waals surface area contributed by atoms with Crippen LogP contribution >= 0.6 is 11.6 Å². The van der Waals surface area contributed by atoms with Gasteiger partial charge in [0, 0.05) is 10.6 Å². The van der Waals surface area contributed by atoms with Crippen LogP contribution in [0, 0.1) is 5.41 Å². The first-order valence-corrected chi connectivity index (χ1v) is 4.96. The van der Waals surface area contributed by atoms with Gasteiger partial charge in [-0.1, -0.05) is 11.6 Å². The Morgan fingerprint density at radius 2 is 1.93 bits per heavy atom. The molecule has 1 amide bonds. The van der Waals surface area contributed by atoms with Crippen LogP contribution in [0.25, 0.3) is 0 Å². The third-order valence-electron chi connectivity index (χ3n) is 2.61. The van der Waals surface area contributed by atoms with Gasteiger partial charge in [0.25, 0.3) is 0 Å². The van der Waals surface area contributed by atoms with Crippen molar-refractivity contribution in [1.82, 2.24) is 0 Å². The summed E-state index contributed by atoms with van der Waals surface area (Å²) in [6.45, 7) is 3.21. The van der Waals surface area contributed by atoms with E-state index in [1.807, 2.05) is 0 Å². The largest absolute Gasteiger partial charge is 0.325 e. The van der Waals surface area contributed by atoms with Crippen LogP contribution in [0.2, 0.25) is 5.02 Å². The van der Waals surface area contributed by atoms with Gasteiger partial charge in [0.1, 0.15) is 5.41 Å². The molecule has 0 unspecified atom stereocenters. The van der Waals surface area contributed by atoms with Crippen LogP contribution in [-0.4, -0.2) is 11.7 Å². The number of hydrogen-bond donors (Lipinski definition) is 1. The highest BCUT2D eigenvalue weighted by molar-refractivity contribution is 6.32. The van der Waals surface area contributed by atoms with Gasteiger partial charge in [-0.15, -0.1) is 0 Å². The van der Waals surface area contributed by atoms with E-state index in [9.17, 15) is 9.59 Å². The zero-order valence-electron chi connectivity index (χ0n) is 8.43. The topological polar surface area (TPSA) is 46.2 Å². The standard InChI is InChI=1S/C11H10ClNO2/c1-11(2)9(14)7-5-6(12)3-4-8(7)13-10(11)15/h3-5H,1-2H3,(H,13,15). The highest BCUT2D eigenvalue weighted by Gasteiger charge is 2.41. The molecule has 1 heterocycles. The van der Waals surface area contributed by atoms with E-state index < -0.39 is 5.41 Å². The third kappa shape index (κ3) is 1.43. The molecule has 0 atom stereocenters. The fourth-order valence-corrected chi connectivity index (χ4v) is 1.70. The van der Waals surface area contributed by atoms with Crippen molar-refractivity contribution in [2.24, 2.45) is 5.41 Å². The second-order valence-electron chi connectivity index (χ2n) is 4.10. The number of amides is 1. The first kappa shape index (κ1) is 10.2. The lowest BCUT2D eigenvalue weighted by Crippen LogP contribution is -2.42. The van der Waals surface area contributed by atoms with Gasteiger partial charge in [-0.3, -0.25) is 9.59 Å². The molecule has 4 heteroatoms. The summed E-state index contributed by atoms with van der Waals surface area (Å²) >= 11 is 5.81. The van der Waals surface area contributed by atoms with E-state index in [4.69, 9.17) is 11.6 Å². The number of halogens is 1. The van der Waals surface area contributed by atoms with Gasteiger partial charge in [-0.05, 0) is 32.0 Å². The van der Waals surface area contributed by atoms with Gasteiger partial charge in [-0.25, -0.2) is 0 Å². The molecule has 15 heavy (non-hydrogen) atoms. The van der Waals surface area contributed by atoms with Crippen molar-refractivity contribution in [3.63, 3.8) is 0 Å². The van der Waals surface area contributed by atoms with Gasteiger partial charge in [0.2, 0.25) is 5.91 Å². The molecule has 0 bridgehead atoms. The van der Waals surface area contributed by atoms with E-state index in [-0.39, 0.29) is 11.7 Å².